The molecule has 0 saturated heterocycles. The first-order valence-electron chi connectivity index (χ1n) is 14.2. The molecule has 4 saturated carbocycles. The molecule has 206 valence electrons. The Kier molecular flexibility index (Phi) is 5.95. The van der Waals surface area contributed by atoms with E-state index in [1.807, 2.05) is 6.92 Å². The zero-order chi connectivity index (χ0) is 27.3. The van der Waals surface area contributed by atoms with E-state index in [-0.39, 0.29) is 35.2 Å². The Bertz CT molecular complexity index is 1060. The lowest BCUT2D eigenvalue weighted by molar-refractivity contribution is -0.225. The van der Waals surface area contributed by atoms with Crippen molar-refractivity contribution >= 4 is 11.9 Å². The molecule has 4 fully saturated rings. The van der Waals surface area contributed by atoms with Crippen LogP contribution in [0.25, 0.3) is 0 Å². The fourth-order valence-electron chi connectivity index (χ4n) is 11.0. The summed E-state index contributed by atoms with van der Waals surface area (Å²) in [7, 11) is 1.80. The summed E-state index contributed by atoms with van der Waals surface area (Å²) in [5, 5.41) is 33.4. The molecule has 0 aromatic carbocycles. The van der Waals surface area contributed by atoms with Crippen molar-refractivity contribution in [3.8, 4) is 0 Å². The van der Waals surface area contributed by atoms with Gasteiger partial charge in [-0.25, -0.2) is 0 Å². The van der Waals surface area contributed by atoms with E-state index in [1.54, 1.807) is 7.11 Å². The first-order chi connectivity index (χ1) is 17.2. The number of rotatable bonds is 3. The van der Waals surface area contributed by atoms with Gasteiger partial charge in [0.2, 0.25) is 0 Å². The second kappa shape index (κ2) is 8.17. The number of ether oxygens (including phenoxy) is 1. The molecule has 0 spiro atoms. The Balaban J connectivity index is 1.70. The number of aliphatic carboxylic acids is 2. The van der Waals surface area contributed by atoms with Gasteiger partial charge in [-0.15, -0.1) is 0 Å². The molecule has 0 aliphatic heterocycles. The van der Waals surface area contributed by atoms with Crippen molar-refractivity contribution in [3.05, 3.63) is 23.8 Å². The first kappa shape index (κ1) is 26.9. The van der Waals surface area contributed by atoms with Gasteiger partial charge >= 0.3 is 11.9 Å². The van der Waals surface area contributed by atoms with Crippen LogP contribution in [0.4, 0.5) is 0 Å². The maximum Gasteiger partial charge on any atom is 0.314 e. The van der Waals surface area contributed by atoms with E-state index in [4.69, 9.17) is 4.74 Å². The number of aliphatic hydroxyl groups excluding tert-OH is 1. The molecule has 0 bridgehead atoms. The van der Waals surface area contributed by atoms with Crippen LogP contribution in [-0.4, -0.2) is 46.6 Å². The van der Waals surface area contributed by atoms with Crippen LogP contribution >= 0.6 is 0 Å². The molecule has 0 amide bonds. The molecule has 6 nitrogen and oxygen atoms in total. The van der Waals surface area contributed by atoms with Crippen LogP contribution in [0.1, 0.15) is 86.0 Å². The van der Waals surface area contributed by atoms with Crippen molar-refractivity contribution in [2.24, 2.45) is 50.7 Å². The summed E-state index contributed by atoms with van der Waals surface area (Å²) in [6.45, 7) is 15.5. The molecule has 10 atom stereocenters. The molecule has 37 heavy (non-hydrogen) atoms. The van der Waals surface area contributed by atoms with E-state index in [0.29, 0.717) is 18.8 Å². The molecule has 0 heterocycles. The van der Waals surface area contributed by atoms with E-state index in [0.717, 1.165) is 43.3 Å². The van der Waals surface area contributed by atoms with Crippen molar-refractivity contribution in [2.45, 2.75) is 98.2 Å². The number of methoxy groups -OCH3 is 1. The van der Waals surface area contributed by atoms with Crippen LogP contribution in [0.3, 0.4) is 0 Å². The van der Waals surface area contributed by atoms with Gasteiger partial charge in [0.1, 0.15) is 5.41 Å². The van der Waals surface area contributed by atoms with Gasteiger partial charge < -0.3 is 20.1 Å². The highest BCUT2D eigenvalue weighted by atomic mass is 16.5. The Morgan fingerprint density at radius 2 is 1.68 bits per heavy atom. The molecular formula is C31H46O6. The molecular weight excluding hydrogens is 468 g/mol. The third-order valence-corrected chi connectivity index (χ3v) is 13.0. The molecule has 3 N–H and O–H groups in total. The number of carbonyl (C=O) groups is 2. The van der Waals surface area contributed by atoms with E-state index >= 15 is 0 Å². The van der Waals surface area contributed by atoms with E-state index < -0.39 is 40.2 Å². The van der Waals surface area contributed by atoms with Gasteiger partial charge in [0.05, 0.1) is 17.6 Å². The average Bonchev–Trinajstić information content (AvgIpc) is 2.80. The largest absolute Gasteiger partial charge is 0.481 e. The third kappa shape index (κ3) is 3.00. The normalized spacial score (nSPS) is 50.6. The van der Waals surface area contributed by atoms with Crippen LogP contribution in [0.2, 0.25) is 0 Å². The lowest BCUT2D eigenvalue weighted by Gasteiger charge is -2.70. The van der Waals surface area contributed by atoms with E-state index in [9.17, 15) is 24.9 Å². The molecule has 5 rings (SSSR count). The lowest BCUT2D eigenvalue weighted by atomic mass is 9.33. The SMILES string of the molecule is C=C1[C@H]2C3=CC[C@@H]4[C@@]5(C)CC[C@H](OC)C(C)(C)[C@@H]5CC[C@@]4(C)[C@]3(C(=O)O)C[C@@H](O)[C@@]2(C(=O)O)CC[C@H]1C. The highest BCUT2D eigenvalue weighted by Crippen LogP contribution is 2.76. The molecule has 0 unspecified atom stereocenters. The minimum atomic E-state index is -1.41. The zero-order valence-corrected chi connectivity index (χ0v) is 23.5. The summed E-state index contributed by atoms with van der Waals surface area (Å²) in [5.41, 5.74) is -1.92. The van der Waals surface area contributed by atoms with Crippen molar-refractivity contribution < 1.29 is 29.6 Å². The smallest absolute Gasteiger partial charge is 0.314 e. The molecule has 5 aliphatic rings. The minimum absolute atomic E-state index is 0.0267. The number of fused-ring (bicyclic) bond motifs is 7. The standard InChI is InChI=1S/C31H46O6/c1-17-10-15-30(25(33)34)22(32)16-31(26(35)36)19(24(30)18(17)2)8-9-21-28(5)13-12-23(37-7)27(3,4)20(28)11-14-29(21,31)6/h8,17,20-24,32H,2,9-16H2,1,3-7H3,(H,33,34)(H,35,36)/t17-,20+,21-,22-,23+,24+,28+,29-,30+,31-/m1/s1. The third-order valence-electron chi connectivity index (χ3n) is 13.0. The van der Waals surface area contributed by atoms with E-state index in [2.05, 4.69) is 40.3 Å². The Morgan fingerprint density at radius 1 is 1.00 bits per heavy atom. The summed E-state index contributed by atoms with van der Waals surface area (Å²) in [6, 6.07) is 0. The Hall–Kier alpha value is -1.66. The quantitative estimate of drug-likeness (QED) is 0.418. The lowest BCUT2D eigenvalue weighted by Crippen LogP contribution is -2.70. The van der Waals surface area contributed by atoms with Crippen molar-refractivity contribution in [3.63, 3.8) is 0 Å². The maximum atomic E-state index is 13.6. The van der Waals surface area contributed by atoms with Crippen LogP contribution in [0.5, 0.6) is 0 Å². The van der Waals surface area contributed by atoms with Gasteiger partial charge in [-0.2, -0.15) is 0 Å². The van der Waals surface area contributed by atoms with Crippen LogP contribution in [-0.2, 0) is 14.3 Å². The molecule has 6 heteroatoms. The van der Waals surface area contributed by atoms with E-state index in [1.165, 1.54) is 0 Å². The summed E-state index contributed by atoms with van der Waals surface area (Å²) < 4.78 is 5.93. The van der Waals surface area contributed by atoms with Crippen molar-refractivity contribution in [1.82, 2.24) is 0 Å². The number of hydrogen-bond acceptors (Lipinski definition) is 4. The molecule has 0 aromatic heterocycles. The van der Waals surface area contributed by atoms with Gasteiger partial charge in [-0.1, -0.05) is 52.8 Å². The number of allylic oxidation sites excluding steroid dienone is 2. The predicted molar refractivity (Wildman–Crippen MR) is 141 cm³/mol. The average molecular weight is 515 g/mol. The first-order valence-corrected chi connectivity index (χ1v) is 14.2. The fraction of sp³-hybridized carbons (Fsp3) is 0.806. The van der Waals surface area contributed by atoms with Crippen LogP contribution < -0.4 is 0 Å². The maximum absolute atomic E-state index is 13.6. The number of aliphatic hydroxyl groups is 1. The number of hydrogen-bond donors (Lipinski definition) is 3. The van der Waals surface area contributed by atoms with Crippen molar-refractivity contribution in [1.29, 1.82) is 0 Å². The van der Waals surface area contributed by atoms with Gasteiger partial charge in [0.15, 0.2) is 0 Å². The molecule has 5 aliphatic carbocycles. The van der Waals surface area contributed by atoms with Crippen molar-refractivity contribution in [2.75, 3.05) is 7.11 Å². The highest BCUT2D eigenvalue weighted by Gasteiger charge is 2.75. The fourth-order valence-corrected chi connectivity index (χ4v) is 11.0. The number of carboxylic acids is 2. The minimum Gasteiger partial charge on any atom is -0.481 e. The monoisotopic (exact) mass is 514 g/mol. The summed E-state index contributed by atoms with van der Waals surface area (Å²) in [4.78, 5) is 26.5. The highest BCUT2D eigenvalue weighted by molar-refractivity contribution is 5.85. The van der Waals surface area contributed by atoms with Gasteiger partial charge in [0, 0.05) is 13.0 Å². The second-order valence-electron chi connectivity index (χ2n) is 14.3. The van der Waals surface area contributed by atoms with Crippen LogP contribution in [0.15, 0.2) is 23.8 Å². The van der Waals surface area contributed by atoms with Gasteiger partial charge in [0.25, 0.3) is 0 Å². The van der Waals surface area contributed by atoms with Crippen LogP contribution in [0, 0.1) is 50.7 Å². The summed E-state index contributed by atoms with van der Waals surface area (Å²) >= 11 is 0. The summed E-state index contributed by atoms with van der Waals surface area (Å²) in [5.74, 6) is -2.00. The molecule has 0 radical (unpaired) electrons. The van der Waals surface area contributed by atoms with Gasteiger partial charge in [-0.05, 0) is 90.9 Å². The Labute approximate surface area is 221 Å². The zero-order valence-electron chi connectivity index (χ0n) is 23.5. The Morgan fingerprint density at radius 3 is 2.27 bits per heavy atom. The topological polar surface area (TPSA) is 104 Å². The number of carboxylic acid groups (broad SMARTS) is 2. The second-order valence-corrected chi connectivity index (χ2v) is 14.3. The predicted octanol–water partition coefficient (Wildman–Crippen LogP) is 5.70. The van der Waals surface area contributed by atoms with Gasteiger partial charge in [-0.3, -0.25) is 9.59 Å². The molecule has 0 aromatic rings. The summed E-state index contributed by atoms with van der Waals surface area (Å²) in [6.07, 6.45) is 6.28.